The monoisotopic (exact) mass is 286 g/mol. The summed E-state index contributed by atoms with van der Waals surface area (Å²) in [5, 5.41) is 0.521. The summed E-state index contributed by atoms with van der Waals surface area (Å²) in [7, 11) is 0. The fourth-order valence-electron chi connectivity index (χ4n) is 2.61. The average molecular weight is 287 g/mol. The fraction of sp³-hybridized carbons (Fsp3) is 0.278. The zero-order valence-electron chi connectivity index (χ0n) is 12.6. The highest BCUT2D eigenvalue weighted by Gasteiger charge is 2.13. The van der Waals surface area contributed by atoms with E-state index < -0.39 is 0 Å². The molecule has 0 radical (unpaired) electrons. The fourth-order valence-corrected chi connectivity index (χ4v) is 2.92. The third-order valence-corrected chi connectivity index (χ3v) is 4.32. The Morgan fingerprint density at radius 3 is 1.95 bits per heavy atom. The lowest BCUT2D eigenvalue weighted by molar-refractivity contribution is 0.101. The van der Waals surface area contributed by atoms with Gasteiger partial charge in [0.1, 0.15) is 0 Å². The Labute approximate surface area is 125 Å². The van der Waals surface area contributed by atoms with E-state index >= 15 is 0 Å². The Hall–Kier alpha value is -1.60. The summed E-state index contributed by atoms with van der Waals surface area (Å²) < 4.78 is 0. The number of Topliss-reactive ketones (excluding diaryl/α,β-unsaturated/α-hetero) is 1. The summed E-state index contributed by atoms with van der Waals surface area (Å²) in [4.78, 5) is 11.5. The Morgan fingerprint density at radius 2 is 1.50 bits per heavy atom. The summed E-state index contributed by atoms with van der Waals surface area (Å²) in [6.45, 7) is 10.0. The van der Waals surface area contributed by atoms with E-state index in [0.29, 0.717) is 10.6 Å². The third kappa shape index (κ3) is 2.51. The maximum atomic E-state index is 11.5. The minimum Gasteiger partial charge on any atom is -0.294 e. The molecule has 0 aromatic heterocycles. The van der Waals surface area contributed by atoms with Crippen molar-refractivity contribution in [3.8, 4) is 11.1 Å². The Kier molecular flexibility index (Phi) is 4.01. The van der Waals surface area contributed by atoms with Crippen LogP contribution in [0.15, 0.2) is 24.3 Å². The molecule has 0 fully saturated rings. The zero-order valence-corrected chi connectivity index (χ0v) is 13.4. The van der Waals surface area contributed by atoms with Crippen molar-refractivity contribution in [2.75, 3.05) is 0 Å². The second-order valence-electron chi connectivity index (χ2n) is 5.39. The van der Waals surface area contributed by atoms with Crippen LogP contribution in [-0.2, 0) is 0 Å². The molecule has 0 saturated heterocycles. The number of carbonyl (C=O) groups excluding carboxylic acids is 1. The van der Waals surface area contributed by atoms with Gasteiger partial charge in [0.05, 0.1) is 5.02 Å². The first-order chi connectivity index (χ1) is 9.32. The first kappa shape index (κ1) is 14.8. The van der Waals surface area contributed by atoms with Crippen LogP contribution in [0.1, 0.15) is 39.5 Å². The molecule has 0 saturated carbocycles. The van der Waals surface area contributed by atoms with Crippen molar-refractivity contribution in [1.82, 2.24) is 0 Å². The van der Waals surface area contributed by atoms with Crippen molar-refractivity contribution >= 4 is 17.4 Å². The van der Waals surface area contributed by atoms with E-state index in [1.54, 1.807) is 0 Å². The van der Waals surface area contributed by atoms with Crippen molar-refractivity contribution in [3.63, 3.8) is 0 Å². The molecular formula is C18H19ClO. The number of hydrogen-bond acceptors (Lipinski definition) is 1. The number of aryl methyl sites for hydroxylation is 2. The zero-order chi connectivity index (χ0) is 15.0. The predicted molar refractivity (Wildman–Crippen MR) is 85.8 cm³/mol. The van der Waals surface area contributed by atoms with E-state index in [4.69, 9.17) is 11.6 Å². The number of rotatable bonds is 2. The van der Waals surface area contributed by atoms with Crippen molar-refractivity contribution < 1.29 is 4.79 Å². The van der Waals surface area contributed by atoms with Crippen LogP contribution in [0.3, 0.4) is 0 Å². The van der Waals surface area contributed by atoms with E-state index in [1.165, 1.54) is 34.7 Å². The second-order valence-corrected chi connectivity index (χ2v) is 5.79. The SMILES string of the molecule is CC(=O)c1ccc(-c2c(C)c(C)cc(C)c2C)cc1Cl. The summed E-state index contributed by atoms with van der Waals surface area (Å²) in [6, 6.07) is 7.90. The molecule has 0 amide bonds. The largest absolute Gasteiger partial charge is 0.294 e. The third-order valence-electron chi connectivity index (χ3n) is 4.00. The minimum absolute atomic E-state index is 0.00424. The van der Waals surface area contributed by atoms with Gasteiger partial charge in [-0.05, 0) is 80.1 Å². The molecule has 2 aromatic carbocycles. The lowest BCUT2D eigenvalue weighted by Gasteiger charge is -2.16. The van der Waals surface area contributed by atoms with Crippen LogP contribution in [0.25, 0.3) is 11.1 Å². The van der Waals surface area contributed by atoms with Crippen molar-refractivity contribution in [2.45, 2.75) is 34.6 Å². The summed E-state index contributed by atoms with van der Waals surface area (Å²) in [6.07, 6.45) is 0. The number of carbonyl (C=O) groups is 1. The van der Waals surface area contributed by atoms with Gasteiger partial charge in [0.25, 0.3) is 0 Å². The highest BCUT2D eigenvalue weighted by molar-refractivity contribution is 6.34. The van der Waals surface area contributed by atoms with Gasteiger partial charge in [-0.25, -0.2) is 0 Å². The Morgan fingerprint density at radius 1 is 0.950 bits per heavy atom. The lowest BCUT2D eigenvalue weighted by atomic mass is 9.89. The molecule has 0 atom stereocenters. The topological polar surface area (TPSA) is 17.1 Å². The van der Waals surface area contributed by atoms with Crippen LogP contribution >= 0.6 is 11.6 Å². The molecule has 0 aliphatic rings. The standard InChI is InChI=1S/C18H19ClO/c1-10-8-11(2)13(4)18(12(10)3)15-6-7-16(14(5)20)17(19)9-15/h6-9H,1-5H3. The van der Waals surface area contributed by atoms with Gasteiger partial charge in [0.15, 0.2) is 5.78 Å². The van der Waals surface area contributed by atoms with Crippen LogP contribution in [0, 0.1) is 27.7 Å². The van der Waals surface area contributed by atoms with Crippen LogP contribution in [0.5, 0.6) is 0 Å². The van der Waals surface area contributed by atoms with Gasteiger partial charge in [0, 0.05) is 5.56 Å². The Balaban J connectivity index is 2.69. The maximum Gasteiger partial charge on any atom is 0.161 e. The van der Waals surface area contributed by atoms with Gasteiger partial charge in [-0.2, -0.15) is 0 Å². The van der Waals surface area contributed by atoms with Crippen molar-refractivity contribution in [3.05, 3.63) is 57.1 Å². The van der Waals surface area contributed by atoms with Gasteiger partial charge in [-0.3, -0.25) is 4.79 Å². The molecule has 104 valence electrons. The highest BCUT2D eigenvalue weighted by Crippen LogP contribution is 2.33. The van der Waals surface area contributed by atoms with Gasteiger partial charge in [0.2, 0.25) is 0 Å². The minimum atomic E-state index is -0.00424. The molecule has 2 rings (SSSR count). The number of ketones is 1. The highest BCUT2D eigenvalue weighted by atomic mass is 35.5. The summed E-state index contributed by atoms with van der Waals surface area (Å²) >= 11 is 6.24. The molecule has 2 heteroatoms. The molecular weight excluding hydrogens is 268 g/mol. The summed E-state index contributed by atoms with van der Waals surface area (Å²) in [5.41, 5.74) is 7.95. The first-order valence-corrected chi connectivity index (χ1v) is 7.09. The molecule has 0 spiro atoms. The van der Waals surface area contributed by atoms with E-state index in [2.05, 4.69) is 33.8 Å². The molecule has 20 heavy (non-hydrogen) atoms. The quantitative estimate of drug-likeness (QED) is 0.672. The summed E-state index contributed by atoms with van der Waals surface area (Å²) in [5.74, 6) is -0.00424. The molecule has 0 aliphatic carbocycles. The molecule has 1 nitrogen and oxygen atoms in total. The lowest BCUT2D eigenvalue weighted by Crippen LogP contribution is -1.97. The molecule has 0 unspecified atom stereocenters. The molecule has 0 heterocycles. The van der Waals surface area contributed by atoms with Crippen molar-refractivity contribution in [2.24, 2.45) is 0 Å². The average Bonchev–Trinajstić information content (AvgIpc) is 2.36. The van der Waals surface area contributed by atoms with Gasteiger partial charge in [-0.15, -0.1) is 0 Å². The van der Waals surface area contributed by atoms with Crippen LogP contribution < -0.4 is 0 Å². The first-order valence-electron chi connectivity index (χ1n) is 6.71. The van der Waals surface area contributed by atoms with Crippen molar-refractivity contribution in [1.29, 1.82) is 0 Å². The van der Waals surface area contributed by atoms with Crippen LogP contribution in [0.4, 0.5) is 0 Å². The van der Waals surface area contributed by atoms with Crippen LogP contribution in [-0.4, -0.2) is 5.78 Å². The van der Waals surface area contributed by atoms with E-state index in [-0.39, 0.29) is 5.78 Å². The van der Waals surface area contributed by atoms with Gasteiger partial charge in [-0.1, -0.05) is 23.7 Å². The molecule has 0 N–H and O–H groups in total. The second kappa shape index (κ2) is 5.41. The number of benzene rings is 2. The molecule has 2 aromatic rings. The van der Waals surface area contributed by atoms with E-state index in [1.807, 2.05) is 18.2 Å². The van der Waals surface area contributed by atoms with Crippen LogP contribution in [0.2, 0.25) is 5.02 Å². The maximum absolute atomic E-state index is 11.5. The molecule has 0 bridgehead atoms. The van der Waals surface area contributed by atoms with E-state index in [0.717, 1.165) is 5.56 Å². The Bertz CT molecular complexity index is 673. The molecule has 0 aliphatic heterocycles. The predicted octanol–water partition coefficient (Wildman–Crippen LogP) is 5.44. The number of halogens is 1. The van der Waals surface area contributed by atoms with Gasteiger partial charge < -0.3 is 0 Å². The smallest absolute Gasteiger partial charge is 0.161 e. The normalized spacial score (nSPS) is 10.7. The van der Waals surface area contributed by atoms with Gasteiger partial charge >= 0.3 is 0 Å². The van der Waals surface area contributed by atoms with E-state index in [9.17, 15) is 4.79 Å². The number of hydrogen-bond donors (Lipinski definition) is 0.